The summed E-state index contributed by atoms with van der Waals surface area (Å²) in [5.41, 5.74) is 1.43. The minimum atomic E-state index is -1.20. The maximum absolute atomic E-state index is 13.1. The molecule has 1 aromatic carbocycles. The Balaban J connectivity index is 1.32. The molecule has 12 heteroatoms. The molecule has 234 valence electrons. The van der Waals surface area contributed by atoms with Crippen molar-refractivity contribution in [2.75, 3.05) is 41.7 Å². The third-order valence-corrected chi connectivity index (χ3v) is 7.66. The summed E-state index contributed by atoms with van der Waals surface area (Å²) >= 11 is 5.91. The van der Waals surface area contributed by atoms with Crippen molar-refractivity contribution in [2.45, 2.75) is 64.4 Å². The topological polar surface area (TPSA) is 129 Å². The Morgan fingerprint density at radius 3 is 2.48 bits per heavy atom. The number of aromatic nitrogens is 2. The first-order valence-corrected chi connectivity index (χ1v) is 15.3. The van der Waals surface area contributed by atoms with E-state index < -0.39 is 17.7 Å². The van der Waals surface area contributed by atoms with Gasteiger partial charge in [-0.25, -0.2) is 14.8 Å². The average Bonchev–Trinajstić information content (AvgIpc) is 3.53. The van der Waals surface area contributed by atoms with Crippen LogP contribution in [0.3, 0.4) is 0 Å². The largest absolute Gasteiger partial charge is 0.490 e. The number of carbonyl (C=O) groups is 2. The van der Waals surface area contributed by atoms with Crippen molar-refractivity contribution in [3.63, 3.8) is 0 Å². The molecule has 1 atom stereocenters. The Morgan fingerprint density at radius 1 is 1.05 bits per heavy atom. The van der Waals surface area contributed by atoms with Crippen molar-refractivity contribution in [2.24, 2.45) is 0 Å². The van der Waals surface area contributed by atoms with Gasteiger partial charge < -0.3 is 35.0 Å². The molecule has 1 unspecified atom stereocenters. The Hall–Kier alpha value is -4.09. The lowest BCUT2D eigenvalue weighted by atomic mass is 10.1. The van der Waals surface area contributed by atoms with Crippen molar-refractivity contribution >= 4 is 40.8 Å². The van der Waals surface area contributed by atoms with Gasteiger partial charge >= 0.3 is 6.09 Å². The zero-order valence-electron chi connectivity index (χ0n) is 25.3. The van der Waals surface area contributed by atoms with E-state index in [0.717, 1.165) is 31.6 Å². The van der Waals surface area contributed by atoms with Crippen LogP contribution in [0.1, 0.15) is 68.7 Å². The monoisotopic (exact) mass is 622 g/mol. The molecule has 11 nitrogen and oxygen atoms in total. The maximum atomic E-state index is 13.1. The lowest BCUT2D eigenvalue weighted by molar-refractivity contribution is 0.0124. The minimum absolute atomic E-state index is 0.0916. The van der Waals surface area contributed by atoms with Crippen LogP contribution >= 0.6 is 11.6 Å². The number of aliphatic hydroxyl groups excluding tert-OH is 1. The number of pyridine rings is 2. The van der Waals surface area contributed by atoms with E-state index in [1.807, 2.05) is 39.0 Å². The van der Waals surface area contributed by atoms with Crippen LogP contribution in [0, 0.1) is 0 Å². The molecule has 5 rings (SSSR count). The maximum Gasteiger partial charge on any atom is 0.410 e. The molecule has 44 heavy (non-hydrogen) atoms. The van der Waals surface area contributed by atoms with Gasteiger partial charge in [0.15, 0.2) is 11.9 Å². The van der Waals surface area contributed by atoms with E-state index in [0.29, 0.717) is 53.8 Å². The summed E-state index contributed by atoms with van der Waals surface area (Å²) in [5, 5.41) is 17.6. The minimum Gasteiger partial charge on any atom is -0.490 e. The second-order valence-electron chi connectivity index (χ2n) is 12.0. The zero-order valence-corrected chi connectivity index (χ0v) is 26.0. The third kappa shape index (κ3) is 8.09. The van der Waals surface area contributed by atoms with E-state index >= 15 is 0 Å². The molecule has 2 aliphatic rings. The Bertz CT molecular complexity index is 1450. The van der Waals surface area contributed by atoms with Gasteiger partial charge in [-0.2, -0.15) is 0 Å². The molecule has 0 bridgehead atoms. The van der Waals surface area contributed by atoms with Crippen LogP contribution in [0.4, 0.5) is 22.0 Å². The van der Waals surface area contributed by atoms with Crippen LogP contribution in [0.15, 0.2) is 54.9 Å². The number of nitrogens with one attached hydrogen (secondary N) is 2. The van der Waals surface area contributed by atoms with Gasteiger partial charge in [0.2, 0.25) is 0 Å². The number of likely N-dealkylation sites (tertiary alicyclic amines) is 1. The highest BCUT2D eigenvalue weighted by Crippen LogP contribution is 2.34. The number of ether oxygens (including phenoxy) is 2. The zero-order chi connectivity index (χ0) is 31.3. The summed E-state index contributed by atoms with van der Waals surface area (Å²) in [7, 11) is 0. The SMILES string of the molecule is CC(C)(C)OC(=O)N1CCC(Oc2cc(N3CCCC3)ccc2C(O)Nc2cccnc2C(=O)Nc2ccc(Cl)cn2)CC1. The van der Waals surface area contributed by atoms with Crippen LogP contribution in [0.2, 0.25) is 5.02 Å². The fourth-order valence-corrected chi connectivity index (χ4v) is 5.35. The Labute approximate surface area is 262 Å². The van der Waals surface area contributed by atoms with Crippen LogP contribution in [0.25, 0.3) is 0 Å². The molecule has 0 aliphatic carbocycles. The normalized spacial score (nSPS) is 16.4. The van der Waals surface area contributed by atoms with Crippen molar-refractivity contribution in [1.82, 2.24) is 14.9 Å². The number of hydrogen-bond acceptors (Lipinski definition) is 9. The number of carbonyl (C=O) groups excluding carboxylic acids is 2. The lowest BCUT2D eigenvalue weighted by Gasteiger charge is -2.34. The number of piperidine rings is 1. The smallest absolute Gasteiger partial charge is 0.410 e. The van der Waals surface area contributed by atoms with Crippen molar-refractivity contribution in [1.29, 1.82) is 0 Å². The Kier molecular flexibility index (Phi) is 9.75. The second-order valence-corrected chi connectivity index (χ2v) is 12.4. The highest BCUT2D eigenvalue weighted by Gasteiger charge is 2.29. The van der Waals surface area contributed by atoms with Crippen molar-refractivity contribution in [3.05, 3.63) is 71.1 Å². The van der Waals surface area contributed by atoms with E-state index in [4.69, 9.17) is 21.1 Å². The fraction of sp³-hybridized carbons (Fsp3) is 0.438. The molecule has 3 aromatic rings. The molecule has 4 heterocycles. The summed E-state index contributed by atoms with van der Waals surface area (Å²) in [6.07, 6.45) is 4.77. The molecule has 3 N–H and O–H groups in total. The third-order valence-electron chi connectivity index (χ3n) is 7.43. The summed E-state index contributed by atoms with van der Waals surface area (Å²) in [6, 6.07) is 12.4. The number of benzene rings is 1. The molecule has 0 saturated carbocycles. The number of halogens is 1. The first kappa shape index (κ1) is 31.3. The van der Waals surface area contributed by atoms with Gasteiger partial charge in [-0.1, -0.05) is 11.6 Å². The average molecular weight is 623 g/mol. The van der Waals surface area contributed by atoms with Crippen LogP contribution in [-0.2, 0) is 4.74 Å². The van der Waals surface area contributed by atoms with Crippen LogP contribution in [0.5, 0.6) is 5.75 Å². The van der Waals surface area contributed by atoms with Crippen LogP contribution in [-0.4, -0.2) is 69.9 Å². The van der Waals surface area contributed by atoms with Gasteiger partial charge in [0.05, 0.1) is 10.7 Å². The van der Waals surface area contributed by atoms with E-state index in [-0.39, 0.29) is 17.9 Å². The molecular weight excluding hydrogens is 584 g/mol. The molecule has 2 amide bonds. The highest BCUT2D eigenvalue weighted by molar-refractivity contribution is 6.30. The molecule has 2 fully saturated rings. The lowest BCUT2D eigenvalue weighted by Crippen LogP contribution is -2.44. The molecule has 2 aliphatic heterocycles. The molecule has 0 spiro atoms. The highest BCUT2D eigenvalue weighted by atomic mass is 35.5. The molecule has 2 saturated heterocycles. The second kappa shape index (κ2) is 13.7. The van der Waals surface area contributed by atoms with E-state index in [1.165, 1.54) is 12.4 Å². The predicted octanol–water partition coefficient (Wildman–Crippen LogP) is 5.86. The van der Waals surface area contributed by atoms with E-state index in [1.54, 1.807) is 29.2 Å². The first-order valence-electron chi connectivity index (χ1n) is 14.9. The molecule has 2 aromatic heterocycles. The molecular formula is C32H39ClN6O5. The fourth-order valence-electron chi connectivity index (χ4n) is 5.24. The Morgan fingerprint density at radius 2 is 1.80 bits per heavy atom. The summed E-state index contributed by atoms with van der Waals surface area (Å²) in [4.78, 5) is 38.0. The number of rotatable bonds is 8. The standard InChI is InChI=1S/C32H39ClN6O5/c1-32(2,3)44-31(42)39-17-12-23(13-18-39)43-26-19-22(38-15-4-5-16-38)9-10-24(26)29(40)36-25-7-6-14-34-28(25)30(41)37-27-11-8-21(33)20-35-27/h6-11,14,19-20,23,29,36,40H,4-5,12-13,15-18H2,1-3H3,(H,35,37,41). The van der Waals surface area contributed by atoms with Crippen molar-refractivity contribution < 1.29 is 24.2 Å². The first-order chi connectivity index (χ1) is 21.1. The van der Waals surface area contributed by atoms with Gasteiger partial charge in [-0.15, -0.1) is 0 Å². The summed E-state index contributed by atoms with van der Waals surface area (Å²) < 4.78 is 12.1. The van der Waals surface area contributed by atoms with Gasteiger partial charge in [0.25, 0.3) is 5.91 Å². The molecule has 0 radical (unpaired) electrons. The van der Waals surface area contributed by atoms with Gasteiger partial charge in [0.1, 0.15) is 23.3 Å². The number of amides is 2. The van der Waals surface area contributed by atoms with Gasteiger partial charge in [-0.05, 0) is 70.0 Å². The van der Waals surface area contributed by atoms with E-state index in [2.05, 4.69) is 25.5 Å². The number of hydrogen-bond donors (Lipinski definition) is 3. The van der Waals surface area contributed by atoms with Crippen molar-refractivity contribution in [3.8, 4) is 5.75 Å². The quantitative estimate of drug-likeness (QED) is 0.264. The van der Waals surface area contributed by atoms with Gasteiger partial charge in [0, 0.05) is 68.7 Å². The number of aliphatic hydroxyl groups is 1. The number of anilines is 3. The van der Waals surface area contributed by atoms with Crippen LogP contribution < -0.4 is 20.3 Å². The predicted molar refractivity (Wildman–Crippen MR) is 169 cm³/mol. The summed E-state index contributed by atoms with van der Waals surface area (Å²) in [5.74, 6) is 0.376. The van der Waals surface area contributed by atoms with Gasteiger partial charge in [-0.3, -0.25) is 4.79 Å². The van der Waals surface area contributed by atoms with E-state index in [9.17, 15) is 14.7 Å². The number of nitrogens with zero attached hydrogens (tertiary/aromatic N) is 4. The summed E-state index contributed by atoms with van der Waals surface area (Å²) in [6.45, 7) is 8.51.